The molecule has 2 unspecified atom stereocenters. The molecule has 0 rings (SSSR count). The molecule has 0 aromatic rings. The Bertz CT molecular complexity index is 1990. The van der Waals surface area contributed by atoms with E-state index in [4.69, 9.17) is 37.0 Å². The maximum absolute atomic E-state index is 13.1. The minimum atomic E-state index is -4.96. The van der Waals surface area contributed by atoms with Gasteiger partial charge in [-0.1, -0.05) is 401 Å². The van der Waals surface area contributed by atoms with E-state index in [2.05, 4.69) is 41.5 Å². The fraction of sp³-hybridized carbons (Fsp3) is 0.953. The molecule has 0 bridgehead atoms. The zero-order valence-corrected chi connectivity index (χ0v) is 70.1. The van der Waals surface area contributed by atoms with E-state index < -0.39 is 97.5 Å². The summed E-state index contributed by atoms with van der Waals surface area (Å²) in [7, 11) is -9.92. The molecule has 3 N–H and O–H groups in total. The van der Waals surface area contributed by atoms with Gasteiger partial charge in [0.25, 0.3) is 0 Å². The summed E-state index contributed by atoms with van der Waals surface area (Å²) in [6.45, 7) is 9.67. The van der Waals surface area contributed by atoms with Crippen molar-refractivity contribution in [1.29, 1.82) is 0 Å². The van der Waals surface area contributed by atoms with Crippen molar-refractivity contribution in [3.05, 3.63) is 0 Å². The van der Waals surface area contributed by atoms with E-state index in [0.717, 1.165) is 102 Å². The van der Waals surface area contributed by atoms with Gasteiger partial charge in [-0.25, -0.2) is 9.13 Å². The number of esters is 4. The summed E-state index contributed by atoms with van der Waals surface area (Å²) in [5.74, 6) is -0.528. The Labute approximate surface area is 638 Å². The van der Waals surface area contributed by atoms with Gasteiger partial charge in [0.15, 0.2) is 12.2 Å². The van der Waals surface area contributed by atoms with E-state index in [0.29, 0.717) is 25.7 Å². The number of phosphoric acid groups is 2. The number of unbranched alkanes of at least 4 members (excludes halogenated alkanes) is 54. The van der Waals surface area contributed by atoms with E-state index in [-0.39, 0.29) is 25.7 Å². The van der Waals surface area contributed by atoms with Crippen LogP contribution in [0.5, 0.6) is 0 Å². The van der Waals surface area contributed by atoms with Gasteiger partial charge >= 0.3 is 39.5 Å². The fourth-order valence-electron chi connectivity index (χ4n) is 13.2. The number of aliphatic hydroxyl groups is 1. The molecule has 0 amide bonds. The van der Waals surface area contributed by atoms with Gasteiger partial charge in [-0.3, -0.25) is 37.3 Å². The third kappa shape index (κ3) is 78.2. The maximum Gasteiger partial charge on any atom is 0.472 e. The number of carbonyl (C=O) groups is 4. The lowest BCUT2D eigenvalue weighted by molar-refractivity contribution is -0.161. The Hall–Kier alpha value is -1.94. The molecule has 618 valence electrons. The van der Waals surface area contributed by atoms with Crippen molar-refractivity contribution >= 4 is 39.5 Å². The summed E-state index contributed by atoms with van der Waals surface area (Å²) in [5, 5.41) is 10.7. The molecule has 0 radical (unpaired) electrons. The molecule has 19 heteroatoms. The first-order valence-corrected chi connectivity index (χ1v) is 47.0. The number of aliphatic hydroxyl groups excluding tert-OH is 1. The molecule has 17 nitrogen and oxygen atoms in total. The van der Waals surface area contributed by atoms with Gasteiger partial charge in [0.05, 0.1) is 26.4 Å². The molecule has 0 saturated carbocycles. The molecule has 0 fully saturated rings. The normalized spacial score (nSPS) is 13.8. The molecular formula is C85H166O17P2. The minimum absolute atomic E-state index is 0.107. The van der Waals surface area contributed by atoms with Crippen molar-refractivity contribution in [2.75, 3.05) is 39.6 Å². The van der Waals surface area contributed by atoms with Gasteiger partial charge < -0.3 is 33.8 Å². The Balaban J connectivity index is 5.20. The third-order valence-corrected chi connectivity index (χ3v) is 21.9. The average Bonchev–Trinajstić information content (AvgIpc) is 0.912. The highest BCUT2D eigenvalue weighted by Gasteiger charge is 2.30. The van der Waals surface area contributed by atoms with E-state index in [1.165, 1.54) is 270 Å². The van der Waals surface area contributed by atoms with E-state index in [1.807, 2.05) is 0 Å². The van der Waals surface area contributed by atoms with E-state index in [9.17, 15) is 43.2 Å². The largest absolute Gasteiger partial charge is 0.472 e. The molecule has 0 spiro atoms. The highest BCUT2D eigenvalue weighted by molar-refractivity contribution is 7.47. The summed E-state index contributed by atoms with van der Waals surface area (Å²) in [4.78, 5) is 73.1. The average molecular weight is 1520 g/mol. The van der Waals surface area contributed by atoms with Gasteiger partial charge in [0.1, 0.15) is 19.3 Å². The van der Waals surface area contributed by atoms with Crippen molar-refractivity contribution in [3.8, 4) is 0 Å². The highest BCUT2D eigenvalue weighted by atomic mass is 31.2. The second-order valence-corrected chi connectivity index (χ2v) is 34.4. The van der Waals surface area contributed by atoms with Crippen LogP contribution in [0.15, 0.2) is 0 Å². The van der Waals surface area contributed by atoms with Crippen molar-refractivity contribution in [2.45, 2.75) is 471 Å². The summed E-state index contributed by atoms with van der Waals surface area (Å²) < 4.78 is 68.8. The fourth-order valence-corrected chi connectivity index (χ4v) is 14.8. The second kappa shape index (κ2) is 76.4. The van der Waals surface area contributed by atoms with Gasteiger partial charge in [-0.05, 0) is 37.5 Å². The van der Waals surface area contributed by atoms with Crippen molar-refractivity contribution in [2.24, 2.45) is 11.8 Å². The van der Waals surface area contributed by atoms with E-state index >= 15 is 0 Å². The molecule has 5 atom stereocenters. The Morgan fingerprint density at radius 2 is 0.442 bits per heavy atom. The molecular weight excluding hydrogens is 1350 g/mol. The summed E-state index contributed by atoms with van der Waals surface area (Å²) in [6.07, 6.45) is 68.2. The standard InChI is InChI=1S/C85H166O17P2/c1-7-9-11-13-15-17-18-19-20-21-22-23-24-25-26-31-34-39-45-51-57-63-69-84(89)102-81(74-96-83(88)68-62-56-50-44-38-33-30-28-27-29-32-36-42-47-53-59-65-77(3)4)76-100-104(93,94)98-72-79(86)71-97-103(91,92)99-75-80(73-95-82(87)67-61-55-49-41-16-14-12-10-8-2)101-85(90)70-64-58-52-46-40-35-37-43-48-54-60-66-78(5)6/h77-81,86H,7-76H2,1-6H3,(H,91,92)(H,93,94)/t79-,80+,81+/m0/s1. The van der Waals surface area contributed by atoms with E-state index in [1.54, 1.807) is 0 Å². The molecule has 0 aliphatic carbocycles. The molecule has 0 heterocycles. The maximum atomic E-state index is 13.1. The number of rotatable bonds is 84. The van der Waals surface area contributed by atoms with Crippen LogP contribution in [0.3, 0.4) is 0 Å². The quantitative estimate of drug-likeness (QED) is 0.0222. The number of hydrogen-bond acceptors (Lipinski definition) is 15. The molecule has 0 aromatic heterocycles. The highest BCUT2D eigenvalue weighted by Crippen LogP contribution is 2.45. The second-order valence-electron chi connectivity index (χ2n) is 31.5. The Kier molecular flexibility index (Phi) is 75.0. The Morgan fingerprint density at radius 3 is 0.654 bits per heavy atom. The zero-order valence-electron chi connectivity index (χ0n) is 68.3. The topological polar surface area (TPSA) is 237 Å². The molecule has 0 aliphatic heterocycles. The van der Waals surface area contributed by atoms with Gasteiger partial charge in [-0.2, -0.15) is 0 Å². The lowest BCUT2D eigenvalue weighted by Gasteiger charge is -2.21. The first-order valence-electron chi connectivity index (χ1n) is 44.0. The van der Waals surface area contributed by atoms with Crippen molar-refractivity contribution in [1.82, 2.24) is 0 Å². The zero-order chi connectivity index (χ0) is 76.4. The molecule has 0 saturated heterocycles. The van der Waals surface area contributed by atoms with Crippen LogP contribution >= 0.6 is 15.6 Å². The molecule has 0 aliphatic rings. The predicted molar refractivity (Wildman–Crippen MR) is 428 cm³/mol. The monoisotopic (exact) mass is 1520 g/mol. The number of ether oxygens (including phenoxy) is 4. The van der Waals surface area contributed by atoms with Crippen LogP contribution in [0.2, 0.25) is 0 Å². The summed E-state index contributed by atoms with van der Waals surface area (Å²) >= 11 is 0. The molecule has 104 heavy (non-hydrogen) atoms. The van der Waals surface area contributed by atoms with Crippen molar-refractivity contribution < 1.29 is 80.2 Å². The summed E-state index contributed by atoms with van der Waals surface area (Å²) in [5.41, 5.74) is 0. The smallest absolute Gasteiger partial charge is 0.462 e. The number of phosphoric ester groups is 2. The van der Waals surface area contributed by atoms with Gasteiger partial charge in [0, 0.05) is 25.7 Å². The van der Waals surface area contributed by atoms with Gasteiger partial charge in [-0.15, -0.1) is 0 Å². The first-order chi connectivity index (χ1) is 50.4. The van der Waals surface area contributed by atoms with Crippen LogP contribution < -0.4 is 0 Å². The van der Waals surface area contributed by atoms with Crippen LogP contribution in [0.1, 0.15) is 452 Å². The van der Waals surface area contributed by atoms with Crippen LogP contribution in [0.25, 0.3) is 0 Å². The minimum Gasteiger partial charge on any atom is -0.462 e. The lowest BCUT2D eigenvalue weighted by atomic mass is 10.0. The van der Waals surface area contributed by atoms with Crippen LogP contribution in [0, 0.1) is 11.8 Å². The van der Waals surface area contributed by atoms with Gasteiger partial charge in [0.2, 0.25) is 0 Å². The summed E-state index contributed by atoms with van der Waals surface area (Å²) in [6, 6.07) is 0. The third-order valence-electron chi connectivity index (χ3n) is 20.0. The number of carbonyl (C=O) groups excluding carboxylic acids is 4. The van der Waals surface area contributed by atoms with Crippen LogP contribution in [-0.2, 0) is 65.4 Å². The number of hydrogen-bond donors (Lipinski definition) is 3. The van der Waals surface area contributed by atoms with Crippen LogP contribution in [-0.4, -0.2) is 96.7 Å². The first kappa shape index (κ1) is 102. The predicted octanol–water partition coefficient (Wildman–Crippen LogP) is 25.8. The van der Waals surface area contributed by atoms with Crippen LogP contribution in [0.4, 0.5) is 0 Å². The SMILES string of the molecule is CCCCCCCCCCCCCCCCCCCCCCCCC(=O)O[C@H](COC(=O)CCCCCCCCCCCCCCCCCCC(C)C)COP(=O)(O)OC[C@@H](O)COP(=O)(O)OC[C@@H](COC(=O)CCCCCCCCCCC)OC(=O)CCCCCCCCCCCCCC(C)C. The lowest BCUT2D eigenvalue weighted by Crippen LogP contribution is -2.30. The van der Waals surface area contributed by atoms with Crippen molar-refractivity contribution in [3.63, 3.8) is 0 Å². The Morgan fingerprint density at radius 1 is 0.260 bits per heavy atom. The molecule has 0 aromatic carbocycles.